The summed E-state index contributed by atoms with van der Waals surface area (Å²) < 4.78 is 6.61. The van der Waals surface area contributed by atoms with Gasteiger partial charge in [-0.25, -0.2) is 9.78 Å². The van der Waals surface area contributed by atoms with E-state index in [0.29, 0.717) is 28.7 Å². The number of carbonyl (C=O) groups is 2. The molecule has 0 bridgehead atoms. The Balaban J connectivity index is 1.51. The van der Waals surface area contributed by atoms with Crippen LogP contribution in [0.4, 0.5) is 5.69 Å². The standard InChI is InChI=1S/C19H18N4O4S/c1-2-15(24)21-14-6-4-3-5-13(14)18(26)27-10-12-9-16(25)23-19(20-12)28-17(22-23)11-7-8-11/h3-6,9,11H,2,7-8,10H2,1H3,(H,21,24). The number of aromatic nitrogens is 3. The van der Waals surface area contributed by atoms with Crippen LogP contribution >= 0.6 is 11.3 Å². The fourth-order valence-corrected chi connectivity index (χ4v) is 3.76. The number of benzene rings is 1. The summed E-state index contributed by atoms with van der Waals surface area (Å²) in [7, 11) is 0. The molecule has 28 heavy (non-hydrogen) atoms. The molecule has 0 atom stereocenters. The van der Waals surface area contributed by atoms with Crippen molar-refractivity contribution in [3.63, 3.8) is 0 Å². The van der Waals surface area contributed by atoms with Crippen molar-refractivity contribution < 1.29 is 14.3 Å². The van der Waals surface area contributed by atoms with Crippen LogP contribution in [0.2, 0.25) is 0 Å². The first-order valence-electron chi connectivity index (χ1n) is 9.01. The minimum atomic E-state index is -0.600. The van der Waals surface area contributed by atoms with Crippen LogP contribution in [0.25, 0.3) is 4.96 Å². The molecule has 1 aliphatic carbocycles. The van der Waals surface area contributed by atoms with E-state index >= 15 is 0 Å². The lowest BCUT2D eigenvalue weighted by molar-refractivity contribution is -0.115. The van der Waals surface area contributed by atoms with Crippen LogP contribution in [-0.2, 0) is 16.1 Å². The maximum atomic E-state index is 12.5. The van der Waals surface area contributed by atoms with E-state index in [4.69, 9.17) is 4.74 Å². The predicted molar refractivity (Wildman–Crippen MR) is 104 cm³/mol. The summed E-state index contributed by atoms with van der Waals surface area (Å²) in [5.74, 6) is -0.365. The van der Waals surface area contributed by atoms with Gasteiger partial charge in [0.1, 0.15) is 11.6 Å². The summed E-state index contributed by atoms with van der Waals surface area (Å²) in [5.41, 5.74) is 0.699. The minimum Gasteiger partial charge on any atom is -0.456 e. The molecule has 1 saturated carbocycles. The van der Waals surface area contributed by atoms with Crippen LogP contribution < -0.4 is 10.9 Å². The first kappa shape index (κ1) is 18.3. The molecule has 1 aliphatic rings. The van der Waals surface area contributed by atoms with Gasteiger partial charge >= 0.3 is 5.97 Å². The fourth-order valence-electron chi connectivity index (χ4n) is 2.67. The van der Waals surface area contributed by atoms with Crippen LogP contribution in [0.5, 0.6) is 0 Å². The number of ether oxygens (including phenoxy) is 1. The van der Waals surface area contributed by atoms with Crippen molar-refractivity contribution in [3.8, 4) is 0 Å². The van der Waals surface area contributed by atoms with Gasteiger partial charge in [0.2, 0.25) is 10.9 Å². The summed E-state index contributed by atoms with van der Waals surface area (Å²) >= 11 is 1.39. The van der Waals surface area contributed by atoms with Crippen molar-refractivity contribution >= 4 is 33.9 Å². The molecule has 0 spiro atoms. The number of rotatable bonds is 6. The predicted octanol–water partition coefficient (Wildman–Crippen LogP) is 2.73. The molecule has 1 aromatic carbocycles. The first-order chi connectivity index (χ1) is 13.5. The maximum absolute atomic E-state index is 12.5. The normalized spacial score (nSPS) is 13.5. The summed E-state index contributed by atoms with van der Waals surface area (Å²) in [6.45, 7) is 1.59. The Kier molecular flexibility index (Phi) is 4.91. The summed E-state index contributed by atoms with van der Waals surface area (Å²) in [5, 5.41) is 7.91. The zero-order valence-electron chi connectivity index (χ0n) is 15.2. The number of para-hydroxylation sites is 1. The molecule has 144 valence electrons. The van der Waals surface area contributed by atoms with E-state index in [-0.39, 0.29) is 23.6 Å². The molecular weight excluding hydrogens is 380 g/mol. The smallest absolute Gasteiger partial charge is 0.340 e. The zero-order valence-corrected chi connectivity index (χ0v) is 16.0. The van der Waals surface area contributed by atoms with Gasteiger partial charge in [0, 0.05) is 18.4 Å². The molecule has 2 heterocycles. The van der Waals surface area contributed by atoms with E-state index in [9.17, 15) is 14.4 Å². The molecule has 0 unspecified atom stereocenters. The zero-order chi connectivity index (χ0) is 19.7. The van der Waals surface area contributed by atoms with Crippen LogP contribution in [-0.4, -0.2) is 26.5 Å². The van der Waals surface area contributed by atoms with Crippen molar-refractivity contribution in [3.05, 3.63) is 57.0 Å². The quantitative estimate of drug-likeness (QED) is 0.641. The van der Waals surface area contributed by atoms with Crippen molar-refractivity contribution in [2.24, 2.45) is 0 Å². The highest BCUT2D eigenvalue weighted by Gasteiger charge is 2.28. The Bertz CT molecular complexity index is 1120. The molecule has 1 N–H and O–H groups in total. The number of amides is 1. The van der Waals surface area contributed by atoms with Crippen LogP contribution in [0.15, 0.2) is 35.1 Å². The number of nitrogens with zero attached hydrogens (tertiary/aromatic N) is 3. The lowest BCUT2D eigenvalue weighted by Crippen LogP contribution is -2.17. The van der Waals surface area contributed by atoms with Crippen molar-refractivity contribution in [2.45, 2.75) is 38.7 Å². The highest BCUT2D eigenvalue weighted by atomic mass is 32.1. The first-order valence-corrected chi connectivity index (χ1v) is 9.82. The molecule has 1 amide bonds. The summed E-state index contributed by atoms with van der Waals surface area (Å²) in [4.78, 5) is 41.2. The summed E-state index contributed by atoms with van der Waals surface area (Å²) in [6.07, 6.45) is 2.48. The second kappa shape index (κ2) is 7.51. The van der Waals surface area contributed by atoms with E-state index in [0.717, 1.165) is 17.8 Å². The van der Waals surface area contributed by atoms with E-state index in [2.05, 4.69) is 15.4 Å². The largest absolute Gasteiger partial charge is 0.456 e. The van der Waals surface area contributed by atoms with Crippen molar-refractivity contribution in [1.29, 1.82) is 0 Å². The maximum Gasteiger partial charge on any atom is 0.340 e. The molecule has 0 radical (unpaired) electrons. The number of hydrogen-bond donors (Lipinski definition) is 1. The second-order valence-electron chi connectivity index (χ2n) is 6.52. The molecule has 0 saturated heterocycles. The SMILES string of the molecule is CCC(=O)Nc1ccccc1C(=O)OCc1cc(=O)n2nc(C3CC3)sc2n1. The van der Waals surface area contributed by atoms with Gasteiger partial charge in [-0.1, -0.05) is 30.4 Å². The van der Waals surface area contributed by atoms with Gasteiger partial charge in [-0.05, 0) is 25.0 Å². The lowest BCUT2D eigenvalue weighted by Gasteiger charge is -2.10. The van der Waals surface area contributed by atoms with Gasteiger partial charge in [-0.3, -0.25) is 9.59 Å². The topological polar surface area (TPSA) is 103 Å². The third kappa shape index (κ3) is 3.79. The third-order valence-electron chi connectivity index (χ3n) is 4.33. The van der Waals surface area contributed by atoms with E-state index in [1.54, 1.807) is 31.2 Å². The second-order valence-corrected chi connectivity index (χ2v) is 7.51. The summed E-state index contributed by atoms with van der Waals surface area (Å²) in [6, 6.07) is 7.94. The van der Waals surface area contributed by atoms with Gasteiger partial charge in [-0.15, -0.1) is 0 Å². The molecule has 3 aromatic rings. The Morgan fingerprint density at radius 3 is 2.86 bits per heavy atom. The molecule has 0 aliphatic heterocycles. The molecule has 4 rings (SSSR count). The number of esters is 1. The lowest BCUT2D eigenvalue weighted by atomic mass is 10.1. The average molecular weight is 398 g/mol. The van der Waals surface area contributed by atoms with E-state index in [1.807, 2.05) is 0 Å². The Labute approximate surface area is 164 Å². The number of nitrogens with one attached hydrogen (secondary N) is 1. The van der Waals surface area contributed by atoms with Crippen LogP contribution in [0.1, 0.15) is 53.2 Å². The molecule has 9 heteroatoms. The van der Waals surface area contributed by atoms with Gasteiger partial charge in [0.05, 0.1) is 16.9 Å². The highest BCUT2D eigenvalue weighted by Crippen LogP contribution is 2.41. The van der Waals surface area contributed by atoms with Gasteiger partial charge in [-0.2, -0.15) is 9.61 Å². The minimum absolute atomic E-state index is 0.142. The van der Waals surface area contributed by atoms with Gasteiger partial charge in [0.15, 0.2) is 0 Å². The monoisotopic (exact) mass is 398 g/mol. The number of anilines is 1. The van der Waals surface area contributed by atoms with Gasteiger partial charge < -0.3 is 10.1 Å². The van der Waals surface area contributed by atoms with Crippen molar-refractivity contribution in [1.82, 2.24) is 14.6 Å². The van der Waals surface area contributed by atoms with Crippen LogP contribution in [0.3, 0.4) is 0 Å². The number of carbonyl (C=O) groups excluding carboxylic acids is 2. The Morgan fingerprint density at radius 1 is 1.32 bits per heavy atom. The average Bonchev–Trinajstić information content (AvgIpc) is 3.45. The van der Waals surface area contributed by atoms with Gasteiger partial charge in [0.25, 0.3) is 5.56 Å². The van der Waals surface area contributed by atoms with Crippen molar-refractivity contribution in [2.75, 3.05) is 5.32 Å². The Hall–Kier alpha value is -3.07. The fraction of sp³-hybridized carbons (Fsp3) is 0.316. The van der Waals surface area contributed by atoms with Crippen LogP contribution in [0, 0.1) is 0 Å². The molecular formula is C19H18N4O4S. The Morgan fingerprint density at radius 2 is 2.11 bits per heavy atom. The molecule has 2 aromatic heterocycles. The van der Waals surface area contributed by atoms with E-state index < -0.39 is 5.97 Å². The number of hydrogen-bond acceptors (Lipinski definition) is 7. The number of fused-ring (bicyclic) bond motifs is 1. The van der Waals surface area contributed by atoms with E-state index in [1.165, 1.54) is 21.9 Å². The third-order valence-corrected chi connectivity index (χ3v) is 5.40. The highest BCUT2D eigenvalue weighted by molar-refractivity contribution is 7.16. The molecule has 1 fully saturated rings. The molecule has 8 nitrogen and oxygen atoms in total.